The topological polar surface area (TPSA) is 46.5 Å². The molecule has 1 saturated carbocycles. The summed E-state index contributed by atoms with van der Waals surface area (Å²) in [5.74, 6) is -0.0350. The molecule has 0 amide bonds. The number of carbonyl (C=O) groups excluding carboxylic acids is 1. The molecule has 0 heterocycles. The highest BCUT2D eigenvalue weighted by Crippen LogP contribution is 2.31. The third-order valence-corrected chi connectivity index (χ3v) is 2.98. The van der Waals surface area contributed by atoms with E-state index >= 15 is 0 Å². The largest absolute Gasteiger partial charge is 0.296 e. The molecular formula is C11H18O3. The van der Waals surface area contributed by atoms with Crippen molar-refractivity contribution in [3.05, 3.63) is 12.2 Å². The highest BCUT2D eigenvalue weighted by Gasteiger charge is 2.40. The van der Waals surface area contributed by atoms with Gasteiger partial charge in [0.1, 0.15) is 0 Å². The second-order valence-electron chi connectivity index (χ2n) is 4.04. The molecule has 3 heteroatoms. The Labute approximate surface area is 84.7 Å². The summed E-state index contributed by atoms with van der Waals surface area (Å²) >= 11 is 0. The van der Waals surface area contributed by atoms with E-state index in [1.165, 1.54) is 0 Å². The van der Waals surface area contributed by atoms with Crippen LogP contribution in [0.25, 0.3) is 0 Å². The fraction of sp³-hybridized carbons (Fsp3) is 0.727. The average molecular weight is 198 g/mol. The zero-order valence-electron chi connectivity index (χ0n) is 8.71. The van der Waals surface area contributed by atoms with Crippen molar-refractivity contribution in [2.24, 2.45) is 0 Å². The van der Waals surface area contributed by atoms with Crippen molar-refractivity contribution in [3.63, 3.8) is 0 Å². The smallest absolute Gasteiger partial charge is 0.181 e. The van der Waals surface area contributed by atoms with E-state index in [2.05, 4.69) is 11.5 Å². The third kappa shape index (κ3) is 2.04. The van der Waals surface area contributed by atoms with Crippen LogP contribution in [0.5, 0.6) is 0 Å². The molecule has 0 saturated heterocycles. The lowest BCUT2D eigenvalue weighted by Crippen LogP contribution is -2.42. The summed E-state index contributed by atoms with van der Waals surface area (Å²) < 4.78 is 0. The molecular weight excluding hydrogens is 180 g/mol. The van der Waals surface area contributed by atoms with Crippen molar-refractivity contribution < 1.29 is 14.9 Å². The van der Waals surface area contributed by atoms with E-state index in [9.17, 15) is 4.79 Å². The van der Waals surface area contributed by atoms with Crippen LogP contribution in [0, 0.1) is 0 Å². The molecule has 1 rings (SSSR count). The van der Waals surface area contributed by atoms with Gasteiger partial charge in [-0.05, 0) is 31.8 Å². The number of ketones is 1. The van der Waals surface area contributed by atoms with Crippen molar-refractivity contribution in [1.29, 1.82) is 0 Å². The summed E-state index contributed by atoms with van der Waals surface area (Å²) in [4.78, 5) is 16.3. The Balaban J connectivity index is 2.86. The fourth-order valence-corrected chi connectivity index (χ4v) is 1.98. The van der Waals surface area contributed by atoms with Crippen LogP contribution in [0.2, 0.25) is 0 Å². The van der Waals surface area contributed by atoms with Gasteiger partial charge in [-0.3, -0.25) is 10.1 Å². The van der Waals surface area contributed by atoms with Gasteiger partial charge in [0.25, 0.3) is 0 Å². The van der Waals surface area contributed by atoms with Crippen molar-refractivity contribution in [3.8, 4) is 0 Å². The van der Waals surface area contributed by atoms with E-state index in [1.807, 2.05) is 0 Å². The second kappa shape index (κ2) is 4.71. The van der Waals surface area contributed by atoms with E-state index < -0.39 is 5.60 Å². The molecule has 1 N–H and O–H groups in total. The number of hydrogen-bond acceptors (Lipinski definition) is 3. The standard InChI is InChI=1S/C11H18O3/c1-9(2)11(14-13)8-6-4-3-5-7-10(11)12/h13H,1,3-8H2,2H3. The Kier molecular flexibility index (Phi) is 3.84. The van der Waals surface area contributed by atoms with Crippen LogP contribution >= 0.6 is 0 Å². The van der Waals surface area contributed by atoms with Gasteiger partial charge in [-0.25, -0.2) is 4.89 Å². The first kappa shape index (κ1) is 11.4. The fourth-order valence-electron chi connectivity index (χ4n) is 1.98. The predicted molar refractivity (Wildman–Crippen MR) is 54.0 cm³/mol. The first-order valence-electron chi connectivity index (χ1n) is 5.15. The van der Waals surface area contributed by atoms with Crippen LogP contribution in [0.4, 0.5) is 0 Å². The zero-order chi connectivity index (χ0) is 10.6. The zero-order valence-corrected chi connectivity index (χ0v) is 8.71. The first-order chi connectivity index (χ1) is 6.63. The van der Waals surface area contributed by atoms with Crippen molar-refractivity contribution in [2.45, 2.75) is 51.0 Å². The van der Waals surface area contributed by atoms with Crippen LogP contribution in [0.15, 0.2) is 12.2 Å². The highest BCUT2D eigenvalue weighted by atomic mass is 17.1. The van der Waals surface area contributed by atoms with Gasteiger partial charge < -0.3 is 0 Å². The molecule has 0 aliphatic heterocycles. The number of carbonyl (C=O) groups is 1. The Morgan fingerprint density at radius 3 is 2.64 bits per heavy atom. The molecule has 1 aliphatic carbocycles. The SMILES string of the molecule is C=C(C)C1(OO)CCCCCCC1=O. The number of Topliss-reactive ketones (excluding diaryl/α,β-unsaturated/α-hetero) is 1. The van der Waals surface area contributed by atoms with E-state index in [0.717, 1.165) is 25.7 Å². The van der Waals surface area contributed by atoms with Crippen molar-refractivity contribution >= 4 is 5.78 Å². The highest BCUT2D eigenvalue weighted by molar-refractivity contribution is 5.90. The van der Waals surface area contributed by atoms with Gasteiger partial charge in [-0.15, -0.1) is 0 Å². The molecule has 80 valence electrons. The lowest BCUT2D eigenvalue weighted by Gasteiger charge is -2.30. The summed E-state index contributed by atoms with van der Waals surface area (Å²) in [6.45, 7) is 5.47. The van der Waals surface area contributed by atoms with Gasteiger partial charge in [0.05, 0.1) is 0 Å². The van der Waals surface area contributed by atoms with Crippen molar-refractivity contribution in [2.75, 3.05) is 0 Å². The quantitative estimate of drug-likeness (QED) is 0.421. The number of hydrogen-bond donors (Lipinski definition) is 1. The Morgan fingerprint density at radius 2 is 2.07 bits per heavy atom. The van der Waals surface area contributed by atoms with Gasteiger partial charge in [-0.2, -0.15) is 0 Å². The van der Waals surface area contributed by atoms with Gasteiger partial charge in [-0.1, -0.05) is 19.4 Å². The molecule has 0 spiro atoms. The molecule has 1 aliphatic rings. The molecule has 0 aromatic carbocycles. The molecule has 0 aromatic heterocycles. The van der Waals surface area contributed by atoms with Crippen LogP contribution in [0.3, 0.4) is 0 Å². The summed E-state index contributed by atoms with van der Waals surface area (Å²) in [5.41, 5.74) is -0.521. The maximum Gasteiger partial charge on any atom is 0.181 e. The van der Waals surface area contributed by atoms with Gasteiger partial charge >= 0.3 is 0 Å². The average Bonchev–Trinajstić information content (AvgIpc) is 2.12. The Bertz CT molecular complexity index is 235. The summed E-state index contributed by atoms with van der Waals surface area (Å²) in [5, 5.41) is 8.92. The van der Waals surface area contributed by atoms with Gasteiger partial charge in [0, 0.05) is 6.42 Å². The first-order valence-corrected chi connectivity index (χ1v) is 5.15. The van der Waals surface area contributed by atoms with E-state index in [0.29, 0.717) is 18.4 Å². The molecule has 1 atom stereocenters. The summed E-state index contributed by atoms with van der Waals surface area (Å²) in [7, 11) is 0. The lowest BCUT2D eigenvalue weighted by atomic mass is 9.81. The normalized spacial score (nSPS) is 29.4. The Morgan fingerprint density at radius 1 is 1.43 bits per heavy atom. The van der Waals surface area contributed by atoms with Gasteiger partial charge in [0.2, 0.25) is 0 Å². The maximum atomic E-state index is 11.8. The van der Waals surface area contributed by atoms with Gasteiger partial charge in [0.15, 0.2) is 11.4 Å². The Hall–Kier alpha value is -0.670. The molecule has 0 bridgehead atoms. The monoisotopic (exact) mass is 198 g/mol. The minimum atomic E-state index is -1.12. The van der Waals surface area contributed by atoms with Crippen LogP contribution in [-0.4, -0.2) is 16.6 Å². The van der Waals surface area contributed by atoms with Crippen LogP contribution < -0.4 is 0 Å². The minimum absolute atomic E-state index is 0.0350. The predicted octanol–water partition coefficient (Wildman–Crippen LogP) is 2.71. The number of rotatable bonds is 2. The molecule has 3 nitrogen and oxygen atoms in total. The van der Waals surface area contributed by atoms with E-state index in [1.54, 1.807) is 6.92 Å². The van der Waals surface area contributed by atoms with Crippen LogP contribution in [0.1, 0.15) is 45.4 Å². The minimum Gasteiger partial charge on any atom is -0.296 e. The molecule has 0 radical (unpaired) electrons. The van der Waals surface area contributed by atoms with E-state index in [4.69, 9.17) is 5.26 Å². The summed E-state index contributed by atoms with van der Waals surface area (Å²) in [6.07, 6.45) is 5.00. The van der Waals surface area contributed by atoms with Crippen LogP contribution in [-0.2, 0) is 9.68 Å². The molecule has 1 unspecified atom stereocenters. The molecule has 14 heavy (non-hydrogen) atoms. The molecule has 0 aromatic rings. The van der Waals surface area contributed by atoms with Crippen molar-refractivity contribution in [1.82, 2.24) is 0 Å². The third-order valence-electron chi connectivity index (χ3n) is 2.98. The molecule has 1 fully saturated rings. The maximum absolute atomic E-state index is 11.8. The summed E-state index contributed by atoms with van der Waals surface area (Å²) in [6, 6.07) is 0. The van der Waals surface area contributed by atoms with E-state index in [-0.39, 0.29) is 5.78 Å². The lowest BCUT2D eigenvalue weighted by molar-refractivity contribution is -0.302. The second-order valence-corrected chi connectivity index (χ2v) is 4.04.